The highest BCUT2D eigenvalue weighted by atomic mass is 16.5. The molecule has 0 spiro atoms. The molecule has 5 heteroatoms. The second kappa shape index (κ2) is 9.88. The molecule has 1 unspecified atom stereocenters. The number of esters is 2. The second-order valence-corrected chi connectivity index (χ2v) is 4.33. The Bertz CT molecular complexity index is 255. The lowest BCUT2D eigenvalue weighted by Gasteiger charge is -2.19. The number of nitrogens with one attached hydrogen (secondary N) is 1. The molecule has 0 heterocycles. The normalized spacial score (nSPS) is 13.8. The highest BCUT2D eigenvalue weighted by molar-refractivity contribution is 5.75. The molecule has 0 aliphatic rings. The molecule has 0 radical (unpaired) electrons. The summed E-state index contributed by atoms with van der Waals surface area (Å²) >= 11 is 0. The lowest BCUT2D eigenvalue weighted by atomic mass is 9.99. The summed E-state index contributed by atoms with van der Waals surface area (Å²) in [6.45, 7) is 4.61. The largest absolute Gasteiger partial charge is 0.469 e. The third kappa shape index (κ3) is 6.59. The van der Waals surface area contributed by atoms with Crippen LogP contribution in [0.5, 0.6) is 0 Å². The Morgan fingerprint density at radius 1 is 1.17 bits per heavy atom. The van der Waals surface area contributed by atoms with Gasteiger partial charge in [-0.25, -0.2) is 0 Å². The van der Waals surface area contributed by atoms with Crippen molar-refractivity contribution in [3.63, 3.8) is 0 Å². The summed E-state index contributed by atoms with van der Waals surface area (Å²) in [6, 6.07) is -0.299. The van der Waals surface area contributed by atoms with Crippen molar-refractivity contribution in [2.75, 3.05) is 20.8 Å². The number of methoxy groups -OCH3 is 2. The van der Waals surface area contributed by atoms with Crippen LogP contribution in [0.15, 0.2) is 0 Å². The Labute approximate surface area is 109 Å². The topological polar surface area (TPSA) is 64.6 Å². The molecule has 0 rings (SSSR count). The van der Waals surface area contributed by atoms with Gasteiger partial charge in [0.2, 0.25) is 0 Å². The first-order valence-corrected chi connectivity index (χ1v) is 6.46. The first kappa shape index (κ1) is 16.9. The van der Waals surface area contributed by atoms with E-state index in [0.717, 1.165) is 12.8 Å². The van der Waals surface area contributed by atoms with E-state index in [1.54, 1.807) is 0 Å². The van der Waals surface area contributed by atoms with Gasteiger partial charge in [-0.15, -0.1) is 0 Å². The molecule has 0 bridgehead atoms. The molecule has 0 fully saturated rings. The van der Waals surface area contributed by atoms with Crippen molar-refractivity contribution in [2.24, 2.45) is 5.92 Å². The predicted molar refractivity (Wildman–Crippen MR) is 69.1 cm³/mol. The molecule has 1 N–H and O–H groups in total. The molecule has 0 saturated carbocycles. The number of carbonyl (C=O) groups excluding carboxylic acids is 2. The molecule has 0 saturated heterocycles. The first-order chi connectivity index (χ1) is 8.58. The smallest absolute Gasteiger partial charge is 0.322 e. The number of hydrogen-bond donors (Lipinski definition) is 1. The van der Waals surface area contributed by atoms with Crippen molar-refractivity contribution in [3.05, 3.63) is 0 Å². The second-order valence-electron chi connectivity index (χ2n) is 4.33. The number of ether oxygens (including phenoxy) is 2. The van der Waals surface area contributed by atoms with Crippen LogP contribution in [0.4, 0.5) is 0 Å². The Morgan fingerprint density at radius 3 is 2.28 bits per heavy atom. The number of hydrogen-bond acceptors (Lipinski definition) is 5. The van der Waals surface area contributed by atoms with Crippen molar-refractivity contribution in [3.8, 4) is 0 Å². The molecule has 0 aromatic rings. The van der Waals surface area contributed by atoms with Gasteiger partial charge in [-0.3, -0.25) is 9.59 Å². The minimum atomic E-state index is -0.299. The molecule has 0 aromatic carbocycles. The Kier molecular flexibility index (Phi) is 9.28. The Hall–Kier alpha value is -1.10. The zero-order valence-electron chi connectivity index (χ0n) is 11.8. The molecule has 0 aliphatic carbocycles. The molecule has 0 aromatic heterocycles. The van der Waals surface area contributed by atoms with Crippen molar-refractivity contribution < 1.29 is 19.1 Å². The van der Waals surface area contributed by atoms with Crippen LogP contribution in [0.1, 0.15) is 39.5 Å². The van der Waals surface area contributed by atoms with Gasteiger partial charge in [-0.05, 0) is 25.3 Å². The van der Waals surface area contributed by atoms with Gasteiger partial charge in [0, 0.05) is 6.42 Å². The van der Waals surface area contributed by atoms with E-state index in [0.29, 0.717) is 19.4 Å². The van der Waals surface area contributed by atoms with Crippen molar-refractivity contribution >= 4 is 11.9 Å². The quantitative estimate of drug-likeness (QED) is 0.636. The summed E-state index contributed by atoms with van der Waals surface area (Å²) in [5.41, 5.74) is 0. The summed E-state index contributed by atoms with van der Waals surface area (Å²) in [5, 5.41) is 3.15. The maximum absolute atomic E-state index is 11.4. The molecule has 2 atom stereocenters. The summed E-state index contributed by atoms with van der Waals surface area (Å²) in [5.74, 6) is -0.270. The highest BCUT2D eigenvalue weighted by Gasteiger charge is 2.19. The van der Waals surface area contributed by atoms with E-state index in [1.807, 2.05) is 6.92 Å². The average Bonchev–Trinajstić information content (AvgIpc) is 2.38. The van der Waals surface area contributed by atoms with Gasteiger partial charge >= 0.3 is 11.9 Å². The van der Waals surface area contributed by atoms with E-state index in [2.05, 4.69) is 17.0 Å². The Morgan fingerprint density at radius 2 is 1.83 bits per heavy atom. The number of rotatable bonds is 9. The monoisotopic (exact) mass is 259 g/mol. The molecule has 0 aliphatic heterocycles. The summed E-state index contributed by atoms with van der Waals surface area (Å²) < 4.78 is 9.38. The van der Waals surface area contributed by atoms with E-state index in [-0.39, 0.29) is 23.9 Å². The maximum atomic E-state index is 11.4. The van der Waals surface area contributed by atoms with Gasteiger partial charge in [0.15, 0.2) is 0 Å². The van der Waals surface area contributed by atoms with Crippen LogP contribution in [0.2, 0.25) is 0 Å². The maximum Gasteiger partial charge on any atom is 0.322 e. The fraction of sp³-hybridized carbons (Fsp3) is 0.846. The van der Waals surface area contributed by atoms with E-state index in [1.165, 1.54) is 14.2 Å². The molecule has 106 valence electrons. The number of carbonyl (C=O) groups is 2. The fourth-order valence-corrected chi connectivity index (χ4v) is 1.85. The lowest BCUT2D eigenvalue weighted by molar-refractivity contribution is -0.143. The minimum absolute atomic E-state index is 0.196. The molecular weight excluding hydrogens is 234 g/mol. The van der Waals surface area contributed by atoms with E-state index in [4.69, 9.17) is 4.74 Å². The van der Waals surface area contributed by atoms with Crippen LogP contribution in [-0.4, -0.2) is 38.7 Å². The van der Waals surface area contributed by atoms with Crippen LogP contribution in [-0.2, 0) is 19.1 Å². The van der Waals surface area contributed by atoms with E-state index >= 15 is 0 Å². The van der Waals surface area contributed by atoms with Crippen LogP contribution in [0.3, 0.4) is 0 Å². The van der Waals surface area contributed by atoms with E-state index < -0.39 is 0 Å². The fourth-order valence-electron chi connectivity index (χ4n) is 1.85. The van der Waals surface area contributed by atoms with Gasteiger partial charge < -0.3 is 14.8 Å². The van der Waals surface area contributed by atoms with Gasteiger partial charge in [0.25, 0.3) is 0 Å². The average molecular weight is 259 g/mol. The minimum Gasteiger partial charge on any atom is -0.469 e. The first-order valence-electron chi connectivity index (χ1n) is 6.46. The summed E-state index contributed by atoms with van der Waals surface area (Å²) in [4.78, 5) is 22.7. The zero-order valence-corrected chi connectivity index (χ0v) is 11.8. The third-order valence-corrected chi connectivity index (χ3v) is 2.93. The predicted octanol–water partition coefficient (Wildman–Crippen LogP) is 1.51. The summed E-state index contributed by atoms with van der Waals surface area (Å²) in [7, 11) is 2.77. The van der Waals surface area contributed by atoms with Gasteiger partial charge in [-0.2, -0.15) is 0 Å². The van der Waals surface area contributed by atoms with Gasteiger partial charge in [0.1, 0.15) is 6.04 Å². The SMILES string of the molecule is CCCC(CN[C@@H](CC)C(=O)OC)CC(=O)OC. The van der Waals surface area contributed by atoms with Crippen molar-refractivity contribution in [2.45, 2.75) is 45.6 Å². The standard InChI is InChI=1S/C13H25NO4/c1-5-7-10(8-12(15)17-3)9-14-11(6-2)13(16)18-4/h10-11,14H,5-9H2,1-4H3/t10?,11-/m0/s1. The zero-order chi connectivity index (χ0) is 14.0. The molecule has 0 amide bonds. The van der Waals surface area contributed by atoms with Gasteiger partial charge in [0.05, 0.1) is 14.2 Å². The summed E-state index contributed by atoms with van der Waals surface area (Å²) in [6.07, 6.45) is 2.98. The van der Waals surface area contributed by atoms with Crippen LogP contribution < -0.4 is 5.32 Å². The van der Waals surface area contributed by atoms with E-state index in [9.17, 15) is 9.59 Å². The lowest BCUT2D eigenvalue weighted by Crippen LogP contribution is -2.40. The molecule has 5 nitrogen and oxygen atoms in total. The van der Waals surface area contributed by atoms with Crippen LogP contribution in [0.25, 0.3) is 0 Å². The van der Waals surface area contributed by atoms with Crippen molar-refractivity contribution in [1.29, 1.82) is 0 Å². The van der Waals surface area contributed by atoms with Gasteiger partial charge in [-0.1, -0.05) is 20.3 Å². The van der Waals surface area contributed by atoms with Crippen LogP contribution in [0, 0.1) is 5.92 Å². The Balaban J connectivity index is 4.23. The molecule has 18 heavy (non-hydrogen) atoms. The highest BCUT2D eigenvalue weighted by Crippen LogP contribution is 2.11. The van der Waals surface area contributed by atoms with Crippen LogP contribution >= 0.6 is 0 Å². The third-order valence-electron chi connectivity index (χ3n) is 2.93. The van der Waals surface area contributed by atoms with Crippen molar-refractivity contribution in [1.82, 2.24) is 5.32 Å². The molecular formula is C13H25NO4.